The van der Waals surface area contributed by atoms with Crippen molar-refractivity contribution in [3.05, 3.63) is 0 Å². The van der Waals surface area contributed by atoms with Crippen molar-refractivity contribution in [2.24, 2.45) is 0 Å². The third-order valence-corrected chi connectivity index (χ3v) is 1.44. The van der Waals surface area contributed by atoms with Gasteiger partial charge in [-0.25, -0.2) is 0 Å². The molecule has 1 unspecified atom stereocenters. The number of hydrogen-bond acceptors (Lipinski definition) is 4. The number of terminal acetylenes is 2. The average molecular weight is 216 g/mol. The zero-order valence-corrected chi connectivity index (χ0v) is 8.30. The molecule has 0 saturated carbocycles. The van der Waals surface area contributed by atoms with E-state index in [9.17, 15) is 4.79 Å². The molecular formula is C10H16O5. The van der Waals surface area contributed by atoms with Crippen LogP contribution in [0.2, 0.25) is 0 Å². The van der Waals surface area contributed by atoms with Crippen molar-refractivity contribution in [2.45, 2.75) is 25.0 Å². The SMILES string of the molecule is C#C.C#C.O.O=C1C[C@@H](O)CC(CO)O1. The maximum Gasteiger partial charge on any atom is 0.308 e. The zero-order chi connectivity index (χ0) is 11.6. The van der Waals surface area contributed by atoms with Gasteiger partial charge in [0.25, 0.3) is 0 Å². The fourth-order valence-corrected chi connectivity index (χ4v) is 0.973. The van der Waals surface area contributed by atoms with Gasteiger partial charge in [-0.3, -0.25) is 4.79 Å². The lowest BCUT2D eigenvalue weighted by molar-refractivity contribution is -0.162. The Hall–Kier alpha value is -1.53. The highest BCUT2D eigenvalue weighted by atomic mass is 16.6. The molecular weight excluding hydrogens is 200 g/mol. The highest BCUT2D eigenvalue weighted by Gasteiger charge is 2.26. The molecule has 2 atom stereocenters. The summed E-state index contributed by atoms with van der Waals surface area (Å²) in [5, 5.41) is 17.5. The van der Waals surface area contributed by atoms with Gasteiger partial charge in [0.05, 0.1) is 19.1 Å². The summed E-state index contributed by atoms with van der Waals surface area (Å²) in [5.74, 6) is -0.433. The van der Waals surface area contributed by atoms with Crippen molar-refractivity contribution in [1.82, 2.24) is 0 Å². The fourth-order valence-electron chi connectivity index (χ4n) is 0.973. The van der Waals surface area contributed by atoms with E-state index < -0.39 is 18.2 Å². The van der Waals surface area contributed by atoms with Crippen molar-refractivity contribution in [3.63, 3.8) is 0 Å². The van der Waals surface area contributed by atoms with Crippen LogP contribution in [0.1, 0.15) is 12.8 Å². The summed E-state index contributed by atoms with van der Waals surface area (Å²) >= 11 is 0. The highest BCUT2D eigenvalue weighted by Crippen LogP contribution is 2.13. The van der Waals surface area contributed by atoms with Crippen molar-refractivity contribution < 1.29 is 25.2 Å². The predicted molar refractivity (Wildman–Crippen MR) is 55.6 cm³/mol. The average Bonchev–Trinajstić information content (AvgIpc) is 2.22. The Bertz CT molecular complexity index is 190. The molecule has 5 nitrogen and oxygen atoms in total. The minimum absolute atomic E-state index is 0. The first-order chi connectivity index (χ1) is 6.72. The minimum Gasteiger partial charge on any atom is -0.460 e. The van der Waals surface area contributed by atoms with E-state index in [0.29, 0.717) is 6.42 Å². The van der Waals surface area contributed by atoms with Crippen LogP contribution in [-0.2, 0) is 9.53 Å². The molecule has 1 rings (SSSR count). The summed E-state index contributed by atoms with van der Waals surface area (Å²) in [7, 11) is 0. The first-order valence-electron chi connectivity index (χ1n) is 3.87. The number of aliphatic hydroxyl groups is 2. The van der Waals surface area contributed by atoms with Crippen LogP contribution < -0.4 is 0 Å². The molecule has 15 heavy (non-hydrogen) atoms. The number of carbonyl (C=O) groups is 1. The zero-order valence-electron chi connectivity index (χ0n) is 8.30. The van der Waals surface area contributed by atoms with Gasteiger partial charge in [0.15, 0.2) is 0 Å². The van der Waals surface area contributed by atoms with Crippen LogP contribution >= 0.6 is 0 Å². The van der Waals surface area contributed by atoms with E-state index in [4.69, 9.17) is 10.2 Å². The van der Waals surface area contributed by atoms with Crippen LogP contribution in [0.3, 0.4) is 0 Å². The second-order valence-electron chi connectivity index (χ2n) is 2.39. The Morgan fingerprint density at radius 2 is 1.80 bits per heavy atom. The summed E-state index contributed by atoms with van der Waals surface area (Å²) in [4.78, 5) is 10.5. The smallest absolute Gasteiger partial charge is 0.308 e. The fraction of sp³-hybridized carbons (Fsp3) is 0.500. The van der Waals surface area contributed by atoms with Gasteiger partial charge in [-0.05, 0) is 0 Å². The van der Waals surface area contributed by atoms with Crippen LogP contribution in [-0.4, -0.2) is 40.5 Å². The van der Waals surface area contributed by atoms with E-state index in [1.54, 1.807) is 0 Å². The number of ether oxygens (including phenoxy) is 1. The largest absolute Gasteiger partial charge is 0.460 e. The first-order valence-corrected chi connectivity index (χ1v) is 3.87. The second kappa shape index (κ2) is 12.5. The number of aliphatic hydroxyl groups excluding tert-OH is 2. The summed E-state index contributed by atoms with van der Waals surface area (Å²) in [6, 6.07) is 0. The summed E-state index contributed by atoms with van der Waals surface area (Å²) in [6.45, 7) is -0.206. The van der Waals surface area contributed by atoms with Crippen molar-refractivity contribution >= 4 is 5.97 Å². The molecule has 4 N–H and O–H groups in total. The molecule has 0 spiro atoms. The molecule has 1 fully saturated rings. The van der Waals surface area contributed by atoms with Crippen molar-refractivity contribution in [2.75, 3.05) is 6.61 Å². The Kier molecular flexibility index (Phi) is 15.9. The third-order valence-electron chi connectivity index (χ3n) is 1.44. The van der Waals surface area contributed by atoms with E-state index in [1.807, 2.05) is 0 Å². The van der Waals surface area contributed by atoms with Gasteiger partial charge in [0, 0.05) is 6.42 Å². The molecule has 0 aromatic carbocycles. The quantitative estimate of drug-likeness (QED) is 0.421. The van der Waals surface area contributed by atoms with Crippen molar-refractivity contribution in [1.29, 1.82) is 0 Å². The van der Waals surface area contributed by atoms with E-state index in [-0.39, 0.29) is 18.5 Å². The molecule has 1 saturated heterocycles. The number of cyclic esters (lactones) is 1. The lowest BCUT2D eigenvalue weighted by Gasteiger charge is -2.23. The van der Waals surface area contributed by atoms with Gasteiger partial charge in [-0.1, -0.05) is 0 Å². The molecule has 0 radical (unpaired) electrons. The van der Waals surface area contributed by atoms with E-state index in [0.717, 1.165) is 0 Å². The molecule has 1 heterocycles. The van der Waals surface area contributed by atoms with Gasteiger partial charge < -0.3 is 20.4 Å². The normalized spacial score (nSPS) is 22.7. The molecule has 0 amide bonds. The van der Waals surface area contributed by atoms with E-state index >= 15 is 0 Å². The standard InChI is InChI=1S/C6H10O4.2C2H2.H2O/c7-3-5-1-4(8)2-6(9)10-5;2*1-2;/h4-5,7-8H,1-3H2;2*1-2H;1H2/t4-,5?;;;/m0.../s1. The van der Waals surface area contributed by atoms with Crippen LogP contribution in [0, 0.1) is 25.7 Å². The van der Waals surface area contributed by atoms with Gasteiger partial charge in [-0.2, -0.15) is 0 Å². The van der Waals surface area contributed by atoms with Crippen LogP contribution in [0.25, 0.3) is 0 Å². The monoisotopic (exact) mass is 216 g/mol. The third kappa shape index (κ3) is 8.79. The topological polar surface area (TPSA) is 98.3 Å². The van der Waals surface area contributed by atoms with Gasteiger partial charge in [0.2, 0.25) is 0 Å². The summed E-state index contributed by atoms with van der Waals surface area (Å²) in [5.41, 5.74) is 0. The summed E-state index contributed by atoms with van der Waals surface area (Å²) in [6.07, 6.45) is 15.3. The minimum atomic E-state index is -0.640. The van der Waals surface area contributed by atoms with Crippen LogP contribution in [0.5, 0.6) is 0 Å². The number of esters is 1. The van der Waals surface area contributed by atoms with Crippen LogP contribution in [0.4, 0.5) is 0 Å². The summed E-state index contributed by atoms with van der Waals surface area (Å²) < 4.78 is 4.66. The highest BCUT2D eigenvalue weighted by molar-refractivity contribution is 5.70. The van der Waals surface area contributed by atoms with Crippen molar-refractivity contribution in [3.8, 4) is 25.7 Å². The second-order valence-corrected chi connectivity index (χ2v) is 2.39. The van der Waals surface area contributed by atoms with Gasteiger partial charge in [-0.15, -0.1) is 25.7 Å². The maximum absolute atomic E-state index is 10.5. The van der Waals surface area contributed by atoms with Gasteiger partial charge in [0.1, 0.15) is 6.10 Å². The Morgan fingerprint density at radius 3 is 2.13 bits per heavy atom. The maximum atomic E-state index is 10.5. The molecule has 1 aliphatic rings. The van der Waals surface area contributed by atoms with Gasteiger partial charge >= 0.3 is 5.97 Å². The molecule has 5 heteroatoms. The first kappa shape index (κ1) is 19.1. The lowest BCUT2D eigenvalue weighted by atomic mass is 10.1. The Balaban J connectivity index is -0.000000258. The predicted octanol–water partition coefficient (Wildman–Crippen LogP) is -1.28. The molecule has 0 aromatic heterocycles. The number of rotatable bonds is 1. The molecule has 0 bridgehead atoms. The Labute approximate surface area is 89.4 Å². The van der Waals surface area contributed by atoms with Crippen LogP contribution in [0.15, 0.2) is 0 Å². The Morgan fingerprint density at radius 1 is 1.33 bits per heavy atom. The molecule has 0 aromatic rings. The van der Waals surface area contributed by atoms with E-state index in [2.05, 4.69) is 30.4 Å². The molecule has 1 aliphatic heterocycles. The molecule has 86 valence electrons. The van der Waals surface area contributed by atoms with E-state index in [1.165, 1.54) is 0 Å². The number of hydrogen-bond donors (Lipinski definition) is 2. The lowest BCUT2D eigenvalue weighted by Crippen LogP contribution is -2.34. The number of carbonyl (C=O) groups excluding carboxylic acids is 1. The molecule has 0 aliphatic carbocycles.